The van der Waals surface area contributed by atoms with Crippen LogP contribution in [0.1, 0.15) is 36.0 Å². The molecule has 1 saturated carbocycles. The van der Waals surface area contributed by atoms with Gasteiger partial charge in [0, 0.05) is 25.8 Å². The Morgan fingerprint density at radius 2 is 1.92 bits per heavy atom. The van der Waals surface area contributed by atoms with E-state index in [1.807, 2.05) is 17.0 Å². The number of pyridine rings is 1. The summed E-state index contributed by atoms with van der Waals surface area (Å²) in [6.45, 7) is 4.51. The molecule has 3 aliphatic rings. The van der Waals surface area contributed by atoms with Crippen LogP contribution in [0.3, 0.4) is 0 Å². The molecule has 3 heterocycles. The summed E-state index contributed by atoms with van der Waals surface area (Å²) in [5.74, 6) is 1.02. The highest BCUT2D eigenvalue weighted by atomic mass is 16.5. The first-order valence-corrected chi connectivity index (χ1v) is 9.04. The maximum atomic E-state index is 12.9. The minimum absolute atomic E-state index is 0.0937. The first-order chi connectivity index (χ1) is 11.8. The molecule has 4 rings (SSSR count). The van der Waals surface area contributed by atoms with Crippen molar-refractivity contribution < 1.29 is 14.3 Å². The molecule has 6 nitrogen and oxygen atoms in total. The van der Waals surface area contributed by atoms with Gasteiger partial charge >= 0.3 is 0 Å². The number of aromatic nitrogens is 1. The number of amides is 1. The first kappa shape index (κ1) is 15.8. The Morgan fingerprint density at radius 1 is 1.08 bits per heavy atom. The van der Waals surface area contributed by atoms with Crippen molar-refractivity contribution in [1.29, 1.82) is 0 Å². The van der Waals surface area contributed by atoms with Crippen LogP contribution in [0.5, 0.6) is 0 Å². The Morgan fingerprint density at radius 3 is 2.71 bits per heavy atom. The zero-order valence-corrected chi connectivity index (χ0v) is 14.0. The van der Waals surface area contributed by atoms with Crippen LogP contribution in [-0.4, -0.2) is 67.4 Å². The molecule has 130 valence electrons. The van der Waals surface area contributed by atoms with Crippen LogP contribution in [-0.2, 0) is 9.47 Å². The second kappa shape index (κ2) is 7.07. The lowest BCUT2D eigenvalue weighted by molar-refractivity contribution is -0.0752. The van der Waals surface area contributed by atoms with Crippen molar-refractivity contribution in [3.05, 3.63) is 23.9 Å². The minimum Gasteiger partial charge on any atom is -0.378 e. The molecule has 1 aromatic heterocycles. The molecule has 1 aromatic rings. The van der Waals surface area contributed by atoms with Crippen LogP contribution in [0.25, 0.3) is 0 Å². The number of hydrogen-bond acceptors (Lipinski definition) is 5. The average Bonchev–Trinajstić information content (AvgIpc) is 2.68. The third-order valence-corrected chi connectivity index (χ3v) is 5.32. The Balaban J connectivity index is 1.47. The van der Waals surface area contributed by atoms with E-state index in [1.54, 1.807) is 6.20 Å². The third kappa shape index (κ3) is 3.13. The van der Waals surface area contributed by atoms with E-state index in [4.69, 9.17) is 9.47 Å². The summed E-state index contributed by atoms with van der Waals surface area (Å²) < 4.78 is 11.2. The highest BCUT2D eigenvalue weighted by Gasteiger charge is 2.37. The Kier molecular flexibility index (Phi) is 4.67. The second-order valence-electron chi connectivity index (χ2n) is 6.76. The highest BCUT2D eigenvalue weighted by molar-refractivity contribution is 5.94. The molecule has 0 bridgehead atoms. The van der Waals surface area contributed by atoms with E-state index >= 15 is 0 Å². The Bertz CT molecular complexity index is 569. The van der Waals surface area contributed by atoms with Crippen molar-refractivity contribution in [3.8, 4) is 0 Å². The fraction of sp³-hybridized carbons (Fsp3) is 0.667. The predicted octanol–water partition coefficient (Wildman–Crippen LogP) is 1.70. The van der Waals surface area contributed by atoms with Gasteiger partial charge in [0.2, 0.25) is 0 Å². The zero-order valence-electron chi connectivity index (χ0n) is 14.0. The molecule has 0 spiro atoms. The maximum Gasteiger partial charge on any atom is 0.255 e. The van der Waals surface area contributed by atoms with E-state index in [0.717, 1.165) is 45.0 Å². The van der Waals surface area contributed by atoms with E-state index in [2.05, 4.69) is 9.88 Å². The van der Waals surface area contributed by atoms with Crippen molar-refractivity contribution in [1.82, 2.24) is 9.88 Å². The fourth-order valence-electron chi connectivity index (χ4n) is 4.01. The summed E-state index contributed by atoms with van der Waals surface area (Å²) in [7, 11) is 0. The van der Waals surface area contributed by atoms with E-state index in [-0.39, 0.29) is 18.1 Å². The monoisotopic (exact) mass is 331 g/mol. The SMILES string of the molecule is O=C(c1ccc(N2CCOCC2)nc1)N1CCO[C@H]2CCCC[C@@H]21. The summed E-state index contributed by atoms with van der Waals surface area (Å²) in [4.78, 5) is 21.7. The first-order valence-electron chi connectivity index (χ1n) is 9.04. The quantitative estimate of drug-likeness (QED) is 0.826. The van der Waals surface area contributed by atoms with E-state index in [9.17, 15) is 4.79 Å². The van der Waals surface area contributed by atoms with E-state index in [0.29, 0.717) is 18.7 Å². The van der Waals surface area contributed by atoms with Crippen molar-refractivity contribution in [2.45, 2.75) is 37.8 Å². The molecule has 6 heteroatoms. The largest absolute Gasteiger partial charge is 0.378 e. The molecule has 0 aromatic carbocycles. The molecule has 3 fully saturated rings. The van der Waals surface area contributed by atoms with Crippen molar-refractivity contribution in [3.63, 3.8) is 0 Å². The van der Waals surface area contributed by atoms with Crippen LogP contribution in [0, 0.1) is 0 Å². The number of hydrogen-bond donors (Lipinski definition) is 0. The van der Waals surface area contributed by atoms with Crippen LogP contribution < -0.4 is 4.90 Å². The lowest BCUT2D eigenvalue weighted by Gasteiger charge is -2.43. The number of morpholine rings is 2. The lowest BCUT2D eigenvalue weighted by atomic mass is 9.90. The van der Waals surface area contributed by atoms with Crippen molar-refractivity contribution >= 4 is 11.7 Å². The van der Waals surface area contributed by atoms with Gasteiger partial charge in [0.15, 0.2) is 0 Å². The molecule has 1 amide bonds. The number of carbonyl (C=O) groups excluding carboxylic acids is 1. The number of carbonyl (C=O) groups is 1. The molecule has 2 aliphatic heterocycles. The Labute approximate surface area is 142 Å². The van der Waals surface area contributed by atoms with Gasteiger partial charge in [-0.1, -0.05) is 12.8 Å². The Hall–Kier alpha value is -1.66. The van der Waals surface area contributed by atoms with Gasteiger partial charge in [0.05, 0.1) is 37.5 Å². The predicted molar refractivity (Wildman–Crippen MR) is 90.3 cm³/mol. The van der Waals surface area contributed by atoms with Gasteiger partial charge < -0.3 is 19.3 Å². The molecule has 2 atom stereocenters. The van der Waals surface area contributed by atoms with Gasteiger partial charge in [0.1, 0.15) is 5.82 Å². The molecule has 24 heavy (non-hydrogen) atoms. The topological polar surface area (TPSA) is 54.9 Å². The van der Waals surface area contributed by atoms with Crippen LogP contribution in [0.2, 0.25) is 0 Å². The molecule has 0 unspecified atom stereocenters. The standard InChI is InChI=1S/C18H25N3O3/c22-18(21-9-12-24-16-4-2-1-3-15(16)21)14-5-6-17(19-13-14)20-7-10-23-11-8-20/h5-6,13,15-16H,1-4,7-12H2/t15-,16-/m0/s1. The van der Waals surface area contributed by atoms with E-state index < -0.39 is 0 Å². The van der Waals surface area contributed by atoms with Gasteiger partial charge in [-0.2, -0.15) is 0 Å². The van der Waals surface area contributed by atoms with Crippen molar-refractivity contribution in [2.75, 3.05) is 44.4 Å². The second-order valence-corrected chi connectivity index (χ2v) is 6.76. The van der Waals surface area contributed by atoms with Crippen LogP contribution in [0.4, 0.5) is 5.82 Å². The van der Waals surface area contributed by atoms with Crippen molar-refractivity contribution in [2.24, 2.45) is 0 Å². The lowest BCUT2D eigenvalue weighted by Crippen LogP contribution is -2.54. The average molecular weight is 331 g/mol. The van der Waals surface area contributed by atoms with Gasteiger partial charge in [0.25, 0.3) is 5.91 Å². The normalized spacial score (nSPS) is 27.7. The minimum atomic E-state index is 0.0937. The maximum absolute atomic E-state index is 12.9. The summed E-state index contributed by atoms with van der Waals surface area (Å²) in [5.41, 5.74) is 0.679. The van der Waals surface area contributed by atoms with Gasteiger partial charge in [-0.3, -0.25) is 4.79 Å². The number of ether oxygens (including phenoxy) is 2. The molecular weight excluding hydrogens is 306 g/mol. The molecule has 0 radical (unpaired) electrons. The molecule has 1 aliphatic carbocycles. The highest BCUT2D eigenvalue weighted by Crippen LogP contribution is 2.29. The van der Waals surface area contributed by atoms with Gasteiger partial charge in [-0.15, -0.1) is 0 Å². The number of anilines is 1. The molecule has 0 N–H and O–H groups in total. The van der Waals surface area contributed by atoms with Gasteiger partial charge in [-0.25, -0.2) is 4.98 Å². The van der Waals surface area contributed by atoms with E-state index in [1.165, 1.54) is 12.8 Å². The number of fused-ring (bicyclic) bond motifs is 1. The number of rotatable bonds is 2. The summed E-state index contributed by atoms with van der Waals surface area (Å²) in [5, 5.41) is 0. The van der Waals surface area contributed by atoms with Gasteiger partial charge in [-0.05, 0) is 25.0 Å². The summed E-state index contributed by atoms with van der Waals surface area (Å²) >= 11 is 0. The summed E-state index contributed by atoms with van der Waals surface area (Å²) in [6, 6.07) is 4.10. The van der Waals surface area contributed by atoms with Crippen LogP contribution in [0.15, 0.2) is 18.3 Å². The third-order valence-electron chi connectivity index (χ3n) is 5.32. The van der Waals surface area contributed by atoms with Crippen LogP contribution >= 0.6 is 0 Å². The number of nitrogens with zero attached hydrogens (tertiary/aromatic N) is 3. The summed E-state index contributed by atoms with van der Waals surface area (Å²) in [6.07, 6.45) is 6.46. The zero-order chi connectivity index (χ0) is 16.4. The fourth-order valence-corrected chi connectivity index (χ4v) is 4.01. The molecule has 2 saturated heterocycles. The smallest absolute Gasteiger partial charge is 0.255 e. The molecular formula is C18H25N3O3.